The van der Waals surface area contributed by atoms with Crippen molar-refractivity contribution >= 4 is 11.8 Å². The molecule has 0 radical (unpaired) electrons. The maximum atomic E-state index is 6.15. The van der Waals surface area contributed by atoms with Crippen LogP contribution in [0.2, 0.25) is 0 Å². The zero-order valence-corrected chi connectivity index (χ0v) is 13.1. The van der Waals surface area contributed by atoms with Crippen LogP contribution in [0.5, 0.6) is 0 Å². The molecule has 0 saturated carbocycles. The lowest BCUT2D eigenvalue weighted by Gasteiger charge is -2.51. The summed E-state index contributed by atoms with van der Waals surface area (Å²) in [5.74, 6) is 2.46. The standard InChI is InChI=1S/C14H30N2S/c1-6-12(7-2)16(5)14(9-15)8-13(3,4)10-17-11-14/h12H,6-11,15H2,1-5H3. The highest BCUT2D eigenvalue weighted by molar-refractivity contribution is 7.99. The molecule has 102 valence electrons. The summed E-state index contributed by atoms with van der Waals surface area (Å²) in [6.07, 6.45) is 3.68. The quantitative estimate of drug-likeness (QED) is 0.822. The molecule has 1 rings (SSSR count). The summed E-state index contributed by atoms with van der Waals surface area (Å²) < 4.78 is 0. The van der Waals surface area contributed by atoms with Crippen molar-refractivity contribution in [3.05, 3.63) is 0 Å². The topological polar surface area (TPSA) is 29.3 Å². The Morgan fingerprint density at radius 1 is 1.24 bits per heavy atom. The van der Waals surface area contributed by atoms with Crippen molar-refractivity contribution < 1.29 is 0 Å². The predicted molar refractivity (Wildman–Crippen MR) is 79.6 cm³/mol. The Morgan fingerprint density at radius 2 is 1.82 bits per heavy atom. The van der Waals surface area contributed by atoms with Gasteiger partial charge in [0.25, 0.3) is 0 Å². The average Bonchev–Trinajstić information content (AvgIpc) is 2.29. The third-order valence-electron chi connectivity index (χ3n) is 4.29. The molecule has 1 saturated heterocycles. The second kappa shape index (κ2) is 5.94. The fourth-order valence-electron chi connectivity index (χ4n) is 3.24. The largest absolute Gasteiger partial charge is 0.329 e. The zero-order chi connectivity index (χ0) is 13.1. The van der Waals surface area contributed by atoms with Gasteiger partial charge in [-0.3, -0.25) is 4.90 Å². The first-order valence-electron chi connectivity index (χ1n) is 6.91. The molecular weight excluding hydrogens is 228 g/mol. The summed E-state index contributed by atoms with van der Waals surface area (Å²) in [5, 5.41) is 0. The SMILES string of the molecule is CCC(CC)N(C)C1(CN)CSCC(C)(C)C1. The van der Waals surface area contributed by atoms with Crippen molar-refractivity contribution in [3.8, 4) is 0 Å². The van der Waals surface area contributed by atoms with Gasteiger partial charge in [0.05, 0.1) is 0 Å². The molecule has 0 aromatic carbocycles. The first-order chi connectivity index (χ1) is 7.90. The smallest absolute Gasteiger partial charge is 0.0427 e. The van der Waals surface area contributed by atoms with Crippen molar-refractivity contribution in [2.45, 2.75) is 58.5 Å². The van der Waals surface area contributed by atoms with Crippen LogP contribution in [0, 0.1) is 5.41 Å². The van der Waals surface area contributed by atoms with Gasteiger partial charge in [-0.15, -0.1) is 0 Å². The lowest BCUT2D eigenvalue weighted by atomic mass is 9.78. The van der Waals surface area contributed by atoms with Crippen molar-refractivity contribution in [3.63, 3.8) is 0 Å². The summed E-state index contributed by atoms with van der Waals surface area (Å²) >= 11 is 2.08. The molecule has 1 atom stereocenters. The van der Waals surface area contributed by atoms with Crippen LogP contribution < -0.4 is 5.73 Å². The van der Waals surface area contributed by atoms with E-state index in [0.717, 1.165) is 6.54 Å². The van der Waals surface area contributed by atoms with Crippen LogP contribution >= 0.6 is 11.8 Å². The summed E-state index contributed by atoms with van der Waals surface area (Å²) in [6.45, 7) is 10.1. The molecule has 0 aromatic heterocycles. The van der Waals surface area contributed by atoms with Crippen LogP contribution in [-0.4, -0.2) is 41.6 Å². The first kappa shape index (κ1) is 15.3. The van der Waals surface area contributed by atoms with E-state index in [-0.39, 0.29) is 5.54 Å². The van der Waals surface area contributed by atoms with Gasteiger partial charge in [0.2, 0.25) is 0 Å². The molecule has 1 fully saturated rings. The van der Waals surface area contributed by atoms with Gasteiger partial charge in [0.1, 0.15) is 0 Å². The fourth-order valence-corrected chi connectivity index (χ4v) is 4.80. The normalized spacial score (nSPS) is 28.9. The second-order valence-electron chi connectivity index (χ2n) is 6.34. The third-order valence-corrected chi connectivity index (χ3v) is 6.02. The molecule has 0 aliphatic carbocycles. The molecular formula is C14H30N2S. The molecule has 0 bridgehead atoms. The Morgan fingerprint density at radius 3 is 2.24 bits per heavy atom. The van der Waals surface area contributed by atoms with Gasteiger partial charge in [0.15, 0.2) is 0 Å². The van der Waals surface area contributed by atoms with Crippen molar-refractivity contribution in [2.75, 3.05) is 25.1 Å². The molecule has 2 N–H and O–H groups in total. The number of likely N-dealkylation sites (N-methyl/N-ethyl adjacent to an activating group) is 1. The highest BCUT2D eigenvalue weighted by Crippen LogP contribution is 2.42. The van der Waals surface area contributed by atoms with E-state index < -0.39 is 0 Å². The van der Waals surface area contributed by atoms with Gasteiger partial charge < -0.3 is 5.73 Å². The third kappa shape index (κ3) is 3.39. The molecule has 17 heavy (non-hydrogen) atoms. The maximum absolute atomic E-state index is 6.15. The number of nitrogens with two attached hydrogens (primary N) is 1. The van der Waals surface area contributed by atoms with Gasteiger partial charge in [-0.05, 0) is 37.5 Å². The number of hydrogen-bond donors (Lipinski definition) is 1. The summed E-state index contributed by atoms with van der Waals surface area (Å²) in [5.41, 5.74) is 6.78. The molecule has 0 spiro atoms. The minimum absolute atomic E-state index is 0.211. The molecule has 1 unspecified atom stereocenters. The van der Waals surface area contributed by atoms with E-state index in [9.17, 15) is 0 Å². The van der Waals surface area contributed by atoms with Gasteiger partial charge in [-0.2, -0.15) is 11.8 Å². The monoisotopic (exact) mass is 258 g/mol. The Balaban J connectivity index is 2.87. The minimum Gasteiger partial charge on any atom is -0.329 e. The molecule has 0 aromatic rings. The van der Waals surface area contributed by atoms with Crippen molar-refractivity contribution in [2.24, 2.45) is 11.1 Å². The van der Waals surface area contributed by atoms with Crippen LogP contribution in [0.25, 0.3) is 0 Å². The summed E-state index contributed by atoms with van der Waals surface area (Å²) in [4.78, 5) is 2.58. The van der Waals surface area contributed by atoms with Gasteiger partial charge in [-0.1, -0.05) is 27.7 Å². The molecule has 3 heteroatoms. The molecule has 1 aliphatic rings. The Kier molecular flexibility index (Phi) is 5.36. The van der Waals surface area contributed by atoms with Gasteiger partial charge >= 0.3 is 0 Å². The second-order valence-corrected chi connectivity index (χ2v) is 7.33. The molecule has 1 heterocycles. The molecule has 1 aliphatic heterocycles. The Labute approximate surface area is 112 Å². The number of rotatable bonds is 5. The number of hydrogen-bond acceptors (Lipinski definition) is 3. The molecule has 2 nitrogen and oxygen atoms in total. The van der Waals surface area contributed by atoms with Crippen LogP contribution in [0.3, 0.4) is 0 Å². The van der Waals surface area contributed by atoms with E-state index in [1.54, 1.807) is 0 Å². The van der Waals surface area contributed by atoms with E-state index in [1.165, 1.54) is 30.8 Å². The highest BCUT2D eigenvalue weighted by atomic mass is 32.2. The Bertz CT molecular complexity index is 238. The van der Waals surface area contributed by atoms with Crippen LogP contribution in [-0.2, 0) is 0 Å². The predicted octanol–water partition coefficient (Wildman–Crippen LogP) is 2.97. The van der Waals surface area contributed by atoms with Crippen LogP contribution in [0.4, 0.5) is 0 Å². The average molecular weight is 258 g/mol. The van der Waals surface area contributed by atoms with Crippen LogP contribution in [0.1, 0.15) is 47.0 Å². The van der Waals surface area contributed by atoms with Crippen molar-refractivity contribution in [1.29, 1.82) is 0 Å². The number of thioether (sulfide) groups is 1. The highest BCUT2D eigenvalue weighted by Gasteiger charge is 2.43. The van der Waals surface area contributed by atoms with E-state index in [1.807, 2.05) is 0 Å². The van der Waals surface area contributed by atoms with E-state index in [0.29, 0.717) is 11.5 Å². The van der Waals surface area contributed by atoms with E-state index in [2.05, 4.69) is 51.4 Å². The van der Waals surface area contributed by atoms with E-state index >= 15 is 0 Å². The summed E-state index contributed by atoms with van der Waals surface area (Å²) in [6, 6.07) is 0.674. The lowest BCUT2D eigenvalue weighted by molar-refractivity contribution is 0.0513. The molecule has 0 amide bonds. The summed E-state index contributed by atoms with van der Waals surface area (Å²) in [7, 11) is 2.28. The number of nitrogens with zero attached hydrogens (tertiary/aromatic N) is 1. The minimum atomic E-state index is 0.211. The van der Waals surface area contributed by atoms with Gasteiger partial charge in [-0.25, -0.2) is 0 Å². The zero-order valence-electron chi connectivity index (χ0n) is 12.3. The Hall–Kier alpha value is 0.270. The fraction of sp³-hybridized carbons (Fsp3) is 1.00. The van der Waals surface area contributed by atoms with E-state index in [4.69, 9.17) is 5.73 Å². The lowest BCUT2D eigenvalue weighted by Crippen LogP contribution is -2.61. The maximum Gasteiger partial charge on any atom is 0.0427 e. The van der Waals surface area contributed by atoms with Gasteiger partial charge in [0, 0.05) is 23.9 Å². The van der Waals surface area contributed by atoms with Crippen LogP contribution in [0.15, 0.2) is 0 Å². The first-order valence-corrected chi connectivity index (χ1v) is 8.07. The van der Waals surface area contributed by atoms with Crippen molar-refractivity contribution in [1.82, 2.24) is 4.90 Å².